The van der Waals surface area contributed by atoms with Crippen LogP contribution in [0.5, 0.6) is 5.75 Å². The smallest absolute Gasteiger partial charge is 0.230 e. The second kappa shape index (κ2) is 7.89. The highest BCUT2D eigenvalue weighted by Gasteiger charge is 2.29. The molecule has 0 saturated carbocycles. The van der Waals surface area contributed by atoms with Gasteiger partial charge in [0.15, 0.2) is 4.38 Å². The van der Waals surface area contributed by atoms with E-state index in [1.54, 1.807) is 30.3 Å². The molecule has 0 aromatic heterocycles. The van der Waals surface area contributed by atoms with Crippen molar-refractivity contribution in [1.82, 2.24) is 0 Å². The van der Waals surface area contributed by atoms with Crippen LogP contribution in [0.3, 0.4) is 0 Å². The standard InChI is InChI=1S/C24H29NO3S2/c1-23(2,3)19-13-16(14-20(21(19)26)24(4,5)6)12-17-15-29-22(25-17)30(27,28)18-10-8-7-9-11-18/h7-14,26H,15H2,1-6H3/b17-12-. The summed E-state index contributed by atoms with van der Waals surface area (Å²) in [7, 11) is -3.60. The lowest BCUT2D eigenvalue weighted by molar-refractivity contribution is 0.423. The van der Waals surface area contributed by atoms with Gasteiger partial charge in [0.1, 0.15) is 5.75 Å². The summed E-state index contributed by atoms with van der Waals surface area (Å²) in [6.45, 7) is 12.4. The van der Waals surface area contributed by atoms with Gasteiger partial charge in [-0.2, -0.15) is 0 Å². The van der Waals surface area contributed by atoms with Crippen LogP contribution >= 0.6 is 11.8 Å². The predicted octanol–water partition coefficient (Wildman–Crippen LogP) is 5.90. The summed E-state index contributed by atoms with van der Waals surface area (Å²) in [6, 6.07) is 12.3. The molecule has 0 unspecified atom stereocenters. The summed E-state index contributed by atoms with van der Waals surface area (Å²) >= 11 is 1.24. The molecule has 0 atom stereocenters. The lowest BCUT2D eigenvalue weighted by atomic mass is 9.78. The quantitative estimate of drug-likeness (QED) is 0.627. The molecule has 3 rings (SSSR count). The first-order valence-electron chi connectivity index (χ1n) is 9.90. The Morgan fingerprint density at radius 3 is 2.00 bits per heavy atom. The molecule has 1 heterocycles. The largest absolute Gasteiger partial charge is 0.507 e. The van der Waals surface area contributed by atoms with E-state index in [-0.39, 0.29) is 20.1 Å². The topological polar surface area (TPSA) is 66.7 Å². The van der Waals surface area contributed by atoms with Gasteiger partial charge in [0.05, 0.1) is 10.6 Å². The molecule has 6 heteroatoms. The van der Waals surface area contributed by atoms with E-state index in [0.717, 1.165) is 16.7 Å². The van der Waals surface area contributed by atoms with E-state index in [4.69, 9.17) is 0 Å². The molecule has 0 bridgehead atoms. The second-order valence-corrected chi connectivity index (χ2v) is 12.7. The van der Waals surface area contributed by atoms with Crippen molar-refractivity contribution in [3.8, 4) is 5.75 Å². The summed E-state index contributed by atoms with van der Waals surface area (Å²) in [5, 5.41) is 10.9. The van der Waals surface area contributed by atoms with Crippen LogP contribution < -0.4 is 0 Å². The molecule has 0 aliphatic carbocycles. The van der Waals surface area contributed by atoms with Crippen LogP contribution in [0, 0.1) is 0 Å². The van der Waals surface area contributed by atoms with Crippen molar-refractivity contribution in [1.29, 1.82) is 0 Å². The van der Waals surface area contributed by atoms with E-state index in [1.807, 2.05) is 18.2 Å². The normalized spacial score (nSPS) is 16.7. The molecule has 0 fully saturated rings. The number of rotatable bonds is 2. The van der Waals surface area contributed by atoms with Crippen molar-refractivity contribution in [2.24, 2.45) is 4.99 Å². The Kier molecular flexibility index (Phi) is 5.95. The molecular weight excluding hydrogens is 414 g/mol. The molecular formula is C24H29NO3S2. The third-order valence-electron chi connectivity index (χ3n) is 4.94. The number of hydrogen-bond acceptors (Lipinski definition) is 5. The molecule has 1 N–H and O–H groups in total. The van der Waals surface area contributed by atoms with Crippen molar-refractivity contribution in [3.63, 3.8) is 0 Å². The second-order valence-electron chi connectivity index (χ2n) is 9.58. The Morgan fingerprint density at radius 1 is 0.967 bits per heavy atom. The van der Waals surface area contributed by atoms with E-state index < -0.39 is 9.84 Å². The van der Waals surface area contributed by atoms with Gasteiger partial charge >= 0.3 is 0 Å². The number of sulfone groups is 1. The zero-order chi connectivity index (χ0) is 22.3. The number of hydrogen-bond donors (Lipinski definition) is 1. The first-order chi connectivity index (χ1) is 13.8. The summed E-state index contributed by atoms with van der Waals surface area (Å²) in [4.78, 5) is 4.68. The number of aromatic hydroxyl groups is 1. The van der Waals surface area contributed by atoms with Gasteiger partial charge in [0.2, 0.25) is 9.84 Å². The Hall–Kier alpha value is -2.05. The van der Waals surface area contributed by atoms with Gasteiger partial charge in [-0.15, -0.1) is 0 Å². The molecule has 1 aliphatic heterocycles. The van der Waals surface area contributed by atoms with Crippen LogP contribution in [0.4, 0.5) is 0 Å². The molecule has 160 valence electrons. The minimum Gasteiger partial charge on any atom is -0.507 e. The highest BCUT2D eigenvalue weighted by molar-refractivity contribution is 8.35. The van der Waals surface area contributed by atoms with Gasteiger partial charge in [-0.1, -0.05) is 71.5 Å². The summed E-state index contributed by atoms with van der Waals surface area (Å²) in [6.07, 6.45) is 1.92. The van der Waals surface area contributed by atoms with Crippen molar-refractivity contribution in [2.75, 3.05) is 5.75 Å². The number of thioether (sulfide) groups is 1. The maximum absolute atomic E-state index is 12.8. The molecule has 2 aromatic carbocycles. The Labute approximate surface area is 184 Å². The zero-order valence-corrected chi connectivity index (χ0v) is 20.0. The number of phenolic OH excluding ortho intramolecular Hbond substituents is 1. The van der Waals surface area contributed by atoms with Gasteiger partial charge in [0.25, 0.3) is 0 Å². The first-order valence-corrected chi connectivity index (χ1v) is 12.4. The summed E-state index contributed by atoms with van der Waals surface area (Å²) in [5.74, 6) is 0.826. The Bertz CT molecular complexity index is 1080. The average molecular weight is 444 g/mol. The third-order valence-corrected chi connectivity index (χ3v) is 8.18. The SMILES string of the molecule is CC(C)(C)c1cc(/C=C2/CSC(S(=O)(=O)c3ccccc3)=N2)cc(C(C)(C)C)c1O. The van der Waals surface area contributed by atoms with Gasteiger partial charge in [0, 0.05) is 16.9 Å². The fourth-order valence-electron chi connectivity index (χ4n) is 3.31. The van der Waals surface area contributed by atoms with E-state index >= 15 is 0 Å². The van der Waals surface area contributed by atoms with Crippen LogP contribution in [0.1, 0.15) is 58.2 Å². The number of benzene rings is 2. The van der Waals surface area contributed by atoms with E-state index in [0.29, 0.717) is 17.2 Å². The average Bonchev–Trinajstić information content (AvgIpc) is 3.11. The maximum Gasteiger partial charge on any atom is 0.230 e. The predicted molar refractivity (Wildman–Crippen MR) is 127 cm³/mol. The Balaban J connectivity index is 2.06. The number of phenols is 1. The molecule has 1 aliphatic rings. The van der Waals surface area contributed by atoms with Crippen LogP contribution in [0.25, 0.3) is 6.08 Å². The van der Waals surface area contributed by atoms with Gasteiger partial charge in [-0.3, -0.25) is 0 Å². The number of nitrogens with zero attached hydrogens (tertiary/aromatic N) is 1. The summed E-state index contributed by atoms with van der Waals surface area (Å²) < 4.78 is 25.8. The highest BCUT2D eigenvalue weighted by atomic mass is 32.3. The molecule has 30 heavy (non-hydrogen) atoms. The van der Waals surface area contributed by atoms with Crippen LogP contribution in [0.15, 0.2) is 58.0 Å². The molecule has 2 aromatic rings. The third kappa shape index (κ3) is 4.65. The summed E-state index contributed by atoms with van der Waals surface area (Å²) in [5.41, 5.74) is 2.91. The first kappa shape index (κ1) is 22.6. The molecule has 0 amide bonds. The fraction of sp³-hybridized carbons (Fsp3) is 0.375. The van der Waals surface area contributed by atoms with Crippen molar-refractivity contribution in [3.05, 3.63) is 64.9 Å². The number of aliphatic imine (C=N–C) groups is 1. The van der Waals surface area contributed by atoms with Crippen molar-refractivity contribution < 1.29 is 13.5 Å². The molecule has 0 radical (unpaired) electrons. The van der Waals surface area contributed by atoms with Crippen LogP contribution in [-0.2, 0) is 20.7 Å². The molecule has 0 saturated heterocycles. The van der Waals surface area contributed by atoms with Crippen molar-refractivity contribution >= 4 is 32.1 Å². The van der Waals surface area contributed by atoms with Gasteiger partial charge in [-0.25, -0.2) is 13.4 Å². The van der Waals surface area contributed by atoms with E-state index in [9.17, 15) is 13.5 Å². The van der Waals surface area contributed by atoms with E-state index in [2.05, 4.69) is 46.5 Å². The molecule has 0 spiro atoms. The minimum absolute atomic E-state index is 0.130. The van der Waals surface area contributed by atoms with E-state index in [1.165, 1.54) is 11.8 Å². The molecule has 4 nitrogen and oxygen atoms in total. The van der Waals surface area contributed by atoms with Gasteiger partial charge < -0.3 is 5.11 Å². The van der Waals surface area contributed by atoms with Crippen LogP contribution in [0.2, 0.25) is 0 Å². The maximum atomic E-state index is 12.8. The van der Waals surface area contributed by atoms with Crippen LogP contribution in [-0.4, -0.2) is 23.7 Å². The highest BCUT2D eigenvalue weighted by Crippen LogP contribution is 2.40. The fourth-order valence-corrected chi connectivity index (χ4v) is 5.95. The lowest BCUT2D eigenvalue weighted by Crippen LogP contribution is -2.17. The lowest BCUT2D eigenvalue weighted by Gasteiger charge is -2.28. The zero-order valence-electron chi connectivity index (χ0n) is 18.4. The monoisotopic (exact) mass is 443 g/mol. The van der Waals surface area contributed by atoms with Crippen molar-refractivity contribution in [2.45, 2.75) is 57.3 Å². The van der Waals surface area contributed by atoms with Gasteiger partial charge in [-0.05, 0) is 46.7 Å². The minimum atomic E-state index is -3.60. The Morgan fingerprint density at radius 2 is 1.50 bits per heavy atom.